The molecule has 3 rings (SSSR count). The topological polar surface area (TPSA) is 32.3 Å². The van der Waals surface area contributed by atoms with E-state index in [0.717, 1.165) is 23.6 Å². The number of halogens is 1. The zero-order chi connectivity index (χ0) is 15.5. The van der Waals surface area contributed by atoms with Gasteiger partial charge in [-0.3, -0.25) is 4.79 Å². The van der Waals surface area contributed by atoms with Gasteiger partial charge < -0.3 is 10.2 Å². The first-order valence-corrected chi connectivity index (χ1v) is 9.49. The van der Waals surface area contributed by atoms with Crippen LogP contribution >= 0.6 is 23.4 Å². The SMILES string of the molecule is CN(C(=O)CSCc1ccc(Cl)cc1)C1CC2CCC(C1)N2. The zero-order valence-corrected chi connectivity index (χ0v) is 14.5. The molecule has 3 nitrogen and oxygen atoms in total. The average Bonchev–Trinajstić information content (AvgIpc) is 2.86. The van der Waals surface area contributed by atoms with Crippen LogP contribution in [0.15, 0.2) is 24.3 Å². The maximum atomic E-state index is 12.4. The smallest absolute Gasteiger partial charge is 0.232 e. The van der Waals surface area contributed by atoms with Crippen LogP contribution in [-0.4, -0.2) is 41.7 Å². The quantitative estimate of drug-likeness (QED) is 0.894. The Morgan fingerprint density at radius 2 is 1.91 bits per heavy atom. The van der Waals surface area contributed by atoms with Gasteiger partial charge in [-0.25, -0.2) is 0 Å². The lowest BCUT2D eigenvalue weighted by Crippen LogP contribution is -2.49. The number of carbonyl (C=O) groups excluding carboxylic acids is 1. The number of piperidine rings is 1. The number of benzene rings is 1. The van der Waals surface area contributed by atoms with Gasteiger partial charge in [-0.05, 0) is 43.4 Å². The third kappa shape index (κ3) is 3.98. The lowest BCUT2D eigenvalue weighted by atomic mass is 9.98. The van der Waals surface area contributed by atoms with Gasteiger partial charge in [-0.1, -0.05) is 23.7 Å². The molecule has 1 amide bonds. The summed E-state index contributed by atoms with van der Waals surface area (Å²) in [7, 11) is 1.97. The zero-order valence-electron chi connectivity index (χ0n) is 12.9. The Balaban J connectivity index is 1.44. The van der Waals surface area contributed by atoms with E-state index in [1.165, 1.54) is 18.4 Å². The minimum absolute atomic E-state index is 0.255. The summed E-state index contributed by atoms with van der Waals surface area (Å²) in [5.74, 6) is 1.66. The van der Waals surface area contributed by atoms with Crippen LogP contribution in [0.25, 0.3) is 0 Å². The van der Waals surface area contributed by atoms with Gasteiger partial charge >= 0.3 is 0 Å². The minimum Gasteiger partial charge on any atom is -0.342 e. The molecule has 1 aromatic carbocycles. The second-order valence-electron chi connectivity index (χ2n) is 6.39. The highest BCUT2D eigenvalue weighted by atomic mass is 35.5. The van der Waals surface area contributed by atoms with Crippen molar-refractivity contribution in [2.24, 2.45) is 0 Å². The molecular formula is C17H23ClN2OS. The van der Waals surface area contributed by atoms with Gasteiger partial charge in [0, 0.05) is 35.9 Å². The highest BCUT2D eigenvalue weighted by Crippen LogP contribution is 2.29. The molecule has 120 valence electrons. The van der Waals surface area contributed by atoms with Gasteiger partial charge in [0.1, 0.15) is 0 Å². The van der Waals surface area contributed by atoms with E-state index in [1.807, 2.05) is 36.2 Å². The average molecular weight is 339 g/mol. The van der Waals surface area contributed by atoms with E-state index in [0.29, 0.717) is 23.9 Å². The molecule has 22 heavy (non-hydrogen) atoms. The molecule has 5 heteroatoms. The predicted octanol–water partition coefficient (Wildman–Crippen LogP) is 3.31. The van der Waals surface area contributed by atoms with Crippen LogP contribution in [0.2, 0.25) is 5.02 Å². The van der Waals surface area contributed by atoms with Gasteiger partial charge in [0.25, 0.3) is 0 Å². The number of hydrogen-bond acceptors (Lipinski definition) is 3. The molecule has 2 atom stereocenters. The molecule has 1 aromatic rings. The molecule has 1 N–H and O–H groups in total. The summed E-state index contributed by atoms with van der Waals surface area (Å²) in [5, 5.41) is 4.38. The van der Waals surface area contributed by atoms with Crippen molar-refractivity contribution in [2.45, 2.75) is 49.6 Å². The molecule has 2 aliphatic heterocycles. The van der Waals surface area contributed by atoms with Crippen LogP contribution in [0.4, 0.5) is 0 Å². The summed E-state index contributed by atoms with van der Waals surface area (Å²) >= 11 is 7.56. The van der Waals surface area contributed by atoms with E-state index in [1.54, 1.807) is 11.8 Å². The summed E-state index contributed by atoms with van der Waals surface area (Å²) in [6.07, 6.45) is 4.77. The van der Waals surface area contributed by atoms with Gasteiger partial charge in [0.05, 0.1) is 5.75 Å². The first kappa shape index (κ1) is 16.2. The molecule has 0 radical (unpaired) electrons. The predicted molar refractivity (Wildman–Crippen MR) is 93.4 cm³/mol. The maximum Gasteiger partial charge on any atom is 0.232 e. The number of nitrogens with one attached hydrogen (secondary N) is 1. The molecule has 2 fully saturated rings. The van der Waals surface area contributed by atoms with E-state index in [2.05, 4.69) is 5.32 Å². The van der Waals surface area contributed by atoms with E-state index in [4.69, 9.17) is 11.6 Å². The van der Waals surface area contributed by atoms with Crippen molar-refractivity contribution in [3.05, 3.63) is 34.9 Å². The summed E-state index contributed by atoms with van der Waals surface area (Å²) in [5.41, 5.74) is 1.21. The van der Waals surface area contributed by atoms with Crippen LogP contribution < -0.4 is 5.32 Å². The Morgan fingerprint density at radius 3 is 2.55 bits per heavy atom. The Kier molecular flexibility index (Phi) is 5.32. The number of thioether (sulfide) groups is 1. The monoisotopic (exact) mass is 338 g/mol. The van der Waals surface area contributed by atoms with Crippen LogP contribution in [0.1, 0.15) is 31.2 Å². The largest absolute Gasteiger partial charge is 0.342 e. The number of fused-ring (bicyclic) bond motifs is 2. The second-order valence-corrected chi connectivity index (χ2v) is 7.81. The van der Waals surface area contributed by atoms with Crippen molar-refractivity contribution in [1.29, 1.82) is 0 Å². The number of nitrogens with zero attached hydrogens (tertiary/aromatic N) is 1. The van der Waals surface area contributed by atoms with Crippen molar-refractivity contribution >= 4 is 29.3 Å². The van der Waals surface area contributed by atoms with Crippen LogP contribution in [-0.2, 0) is 10.5 Å². The summed E-state index contributed by atoms with van der Waals surface area (Å²) in [6, 6.07) is 9.51. The molecule has 2 bridgehead atoms. The Morgan fingerprint density at radius 1 is 1.27 bits per heavy atom. The van der Waals surface area contributed by atoms with E-state index >= 15 is 0 Å². The van der Waals surface area contributed by atoms with Crippen LogP contribution in [0, 0.1) is 0 Å². The van der Waals surface area contributed by atoms with E-state index < -0.39 is 0 Å². The van der Waals surface area contributed by atoms with Crippen molar-refractivity contribution in [2.75, 3.05) is 12.8 Å². The van der Waals surface area contributed by atoms with Gasteiger partial charge in [-0.15, -0.1) is 11.8 Å². The summed E-state index contributed by atoms with van der Waals surface area (Å²) in [6.45, 7) is 0. The molecule has 0 spiro atoms. The second kappa shape index (κ2) is 7.24. The molecule has 0 aromatic heterocycles. The maximum absolute atomic E-state index is 12.4. The number of carbonyl (C=O) groups is 1. The van der Waals surface area contributed by atoms with Gasteiger partial charge in [0.15, 0.2) is 0 Å². The fourth-order valence-electron chi connectivity index (χ4n) is 3.49. The number of amides is 1. The van der Waals surface area contributed by atoms with Crippen molar-refractivity contribution in [1.82, 2.24) is 10.2 Å². The molecule has 0 saturated carbocycles. The van der Waals surface area contributed by atoms with Gasteiger partial charge in [0.2, 0.25) is 5.91 Å². The van der Waals surface area contributed by atoms with Crippen LogP contribution in [0.3, 0.4) is 0 Å². The van der Waals surface area contributed by atoms with Crippen molar-refractivity contribution in [3.8, 4) is 0 Å². The van der Waals surface area contributed by atoms with Crippen LogP contribution in [0.5, 0.6) is 0 Å². The molecule has 0 aliphatic carbocycles. The normalized spacial score (nSPS) is 26.9. The molecule has 2 unspecified atom stereocenters. The molecular weight excluding hydrogens is 316 g/mol. The molecule has 2 saturated heterocycles. The highest BCUT2D eigenvalue weighted by molar-refractivity contribution is 7.99. The Hall–Kier alpha value is -0.710. The standard InChI is InChI=1S/C17H23ClN2OS/c1-20(16-8-14-6-7-15(9-16)19-14)17(21)11-22-10-12-2-4-13(18)5-3-12/h2-5,14-16,19H,6-11H2,1H3. The molecule has 2 heterocycles. The highest BCUT2D eigenvalue weighted by Gasteiger charge is 2.36. The number of rotatable bonds is 5. The lowest BCUT2D eigenvalue weighted by Gasteiger charge is -2.35. The van der Waals surface area contributed by atoms with E-state index in [9.17, 15) is 4.79 Å². The Labute approximate surface area is 141 Å². The molecule has 2 aliphatic rings. The lowest BCUT2D eigenvalue weighted by molar-refractivity contribution is -0.129. The third-order valence-electron chi connectivity index (χ3n) is 4.80. The summed E-state index contributed by atoms with van der Waals surface area (Å²) < 4.78 is 0. The van der Waals surface area contributed by atoms with Gasteiger partial charge in [-0.2, -0.15) is 0 Å². The first-order valence-electron chi connectivity index (χ1n) is 7.95. The fourth-order valence-corrected chi connectivity index (χ4v) is 4.52. The van der Waals surface area contributed by atoms with Crippen molar-refractivity contribution in [3.63, 3.8) is 0 Å². The fraction of sp³-hybridized carbons (Fsp3) is 0.588. The summed E-state index contributed by atoms with van der Waals surface area (Å²) in [4.78, 5) is 14.4. The minimum atomic E-state index is 0.255. The third-order valence-corrected chi connectivity index (χ3v) is 6.04. The van der Waals surface area contributed by atoms with E-state index in [-0.39, 0.29) is 5.91 Å². The first-order chi connectivity index (χ1) is 10.6. The number of hydrogen-bond donors (Lipinski definition) is 1. The van der Waals surface area contributed by atoms with Crippen molar-refractivity contribution < 1.29 is 4.79 Å². The Bertz CT molecular complexity index is 510.